The highest BCUT2D eigenvalue weighted by atomic mass is 31.1. The van der Waals surface area contributed by atoms with Gasteiger partial charge in [0.1, 0.15) is 0 Å². The summed E-state index contributed by atoms with van der Waals surface area (Å²) in [5, 5.41) is 0. The summed E-state index contributed by atoms with van der Waals surface area (Å²) in [4.78, 5) is 2.62. The van der Waals surface area contributed by atoms with Crippen molar-refractivity contribution in [1.29, 1.82) is 0 Å². The van der Waals surface area contributed by atoms with E-state index in [0.717, 1.165) is 20.4 Å². The number of nitrogens with zero attached hydrogens (tertiary/aromatic N) is 1. The van der Waals surface area contributed by atoms with Gasteiger partial charge in [-0.3, -0.25) is 4.90 Å². The zero-order chi connectivity index (χ0) is 8.97. The molecule has 3 atom stereocenters. The van der Waals surface area contributed by atoms with Crippen LogP contribution in [0.1, 0.15) is 39.0 Å². The Hall–Kier alpha value is 0.390. The molecule has 1 saturated heterocycles. The van der Waals surface area contributed by atoms with Gasteiger partial charge in [-0.2, -0.15) is 0 Å². The van der Waals surface area contributed by atoms with Crippen molar-refractivity contribution < 1.29 is 0 Å². The van der Waals surface area contributed by atoms with Crippen molar-refractivity contribution in [3.05, 3.63) is 0 Å². The first-order valence-corrected chi connectivity index (χ1v) is 6.76. The third-order valence-corrected chi connectivity index (χ3v) is 4.43. The Labute approximate surface area is 78.7 Å². The summed E-state index contributed by atoms with van der Waals surface area (Å²) in [6, 6.07) is 0.905. The molecule has 0 spiro atoms. The number of hydrogen-bond donors (Lipinski definition) is 0. The molecule has 3 unspecified atom stereocenters. The highest BCUT2D eigenvalue weighted by Crippen LogP contribution is 2.33. The molecule has 1 rings (SSSR count). The summed E-state index contributed by atoms with van der Waals surface area (Å²) >= 11 is 0. The molecule has 1 aliphatic rings. The lowest BCUT2D eigenvalue weighted by Crippen LogP contribution is -2.29. The first kappa shape index (κ1) is 10.5. The van der Waals surface area contributed by atoms with E-state index in [9.17, 15) is 0 Å². The van der Waals surface area contributed by atoms with Gasteiger partial charge in [-0.05, 0) is 33.0 Å². The van der Waals surface area contributed by atoms with Crippen LogP contribution in [0.25, 0.3) is 0 Å². The highest BCUT2D eigenvalue weighted by Gasteiger charge is 2.27. The van der Waals surface area contributed by atoms with E-state index >= 15 is 0 Å². The zero-order valence-electron chi connectivity index (χ0n) is 8.64. The van der Waals surface area contributed by atoms with E-state index < -0.39 is 0 Å². The fraction of sp³-hybridized carbons (Fsp3) is 1.00. The Kier molecular flexibility index (Phi) is 4.53. The maximum Gasteiger partial charge on any atom is 0.0265 e. The first-order chi connectivity index (χ1) is 5.79. The molecule has 0 saturated carbocycles. The smallest absolute Gasteiger partial charge is 0.0265 e. The van der Waals surface area contributed by atoms with E-state index in [4.69, 9.17) is 0 Å². The van der Waals surface area contributed by atoms with Crippen molar-refractivity contribution in [3.8, 4) is 0 Å². The van der Waals surface area contributed by atoms with Crippen molar-refractivity contribution in [3.63, 3.8) is 0 Å². The maximum absolute atomic E-state index is 2.62. The van der Waals surface area contributed by atoms with Crippen LogP contribution >= 0.6 is 8.58 Å². The van der Waals surface area contributed by atoms with E-state index in [1.54, 1.807) is 0 Å². The standard InChI is InChI=1S/C10H22NP/c1-4-5-6-9-7-8-10(12-3)11(9)2/h9-10,12H,4-8H2,1-3H3. The predicted molar refractivity (Wildman–Crippen MR) is 58.3 cm³/mol. The van der Waals surface area contributed by atoms with Crippen LogP contribution in [0.3, 0.4) is 0 Å². The molecule has 0 aliphatic carbocycles. The van der Waals surface area contributed by atoms with Gasteiger partial charge in [0, 0.05) is 11.8 Å². The van der Waals surface area contributed by atoms with Gasteiger partial charge in [0.15, 0.2) is 0 Å². The van der Waals surface area contributed by atoms with Crippen molar-refractivity contribution >= 4 is 8.58 Å². The molecular formula is C10H22NP. The molecule has 2 heteroatoms. The summed E-state index contributed by atoms with van der Waals surface area (Å²) in [7, 11) is 3.42. The summed E-state index contributed by atoms with van der Waals surface area (Å²) in [6.45, 7) is 4.62. The first-order valence-electron chi connectivity index (χ1n) is 5.18. The van der Waals surface area contributed by atoms with Gasteiger partial charge in [-0.1, -0.05) is 19.8 Å². The van der Waals surface area contributed by atoms with E-state index in [2.05, 4.69) is 25.5 Å². The maximum atomic E-state index is 2.62. The minimum absolute atomic E-state index is 0.905. The lowest BCUT2D eigenvalue weighted by atomic mass is 10.1. The third-order valence-electron chi connectivity index (χ3n) is 3.07. The third kappa shape index (κ3) is 2.44. The summed E-state index contributed by atoms with van der Waals surface area (Å²) in [6.07, 6.45) is 7.08. The second kappa shape index (κ2) is 5.19. The largest absolute Gasteiger partial charge is 0.297 e. The number of rotatable bonds is 4. The van der Waals surface area contributed by atoms with Crippen molar-refractivity contribution in [2.45, 2.75) is 50.9 Å². The number of likely N-dealkylation sites (tertiary alicyclic amines) is 1. The van der Waals surface area contributed by atoms with E-state index in [0.29, 0.717) is 0 Å². The van der Waals surface area contributed by atoms with Crippen LogP contribution < -0.4 is 0 Å². The van der Waals surface area contributed by atoms with Crippen LogP contribution in [0.5, 0.6) is 0 Å². The van der Waals surface area contributed by atoms with Gasteiger partial charge in [0.2, 0.25) is 0 Å². The normalized spacial score (nSPS) is 32.2. The Morgan fingerprint density at radius 1 is 1.42 bits per heavy atom. The fourth-order valence-electron chi connectivity index (χ4n) is 2.15. The summed E-state index contributed by atoms with van der Waals surface area (Å²) in [5.74, 6) is 0.909. The van der Waals surface area contributed by atoms with Crippen molar-refractivity contribution in [2.75, 3.05) is 13.7 Å². The zero-order valence-corrected chi connectivity index (χ0v) is 9.64. The van der Waals surface area contributed by atoms with E-state index in [-0.39, 0.29) is 0 Å². The molecule has 1 nitrogen and oxygen atoms in total. The predicted octanol–water partition coefficient (Wildman–Crippen LogP) is 2.91. The molecule has 0 bridgehead atoms. The molecule has 0 aromatic carbocycles. The minimum Gasteiger partial charge on any atom is -0.297 e. The highest BCUT2D eigenvalue weighted by molar-refractivity contribution is 7.37. The second-order valence-corrected chi connectivity index (χ2v) is 5.09. The lowest BCUT2D eigenvalue weighted by Gasteiger charge is -2.24. The van der Waals surface area contributed by atoms with Gasteiger partial charge < -0.3 is 0 Å². The molecular weight excluding hydrogens is 165 g/mol. The number of unbranched alkanes of at least 4 members (excludes halogenated alkanes) is 1. The van der Waals surface area contributed by atoms with Crippen LogP contribution in [-0.2, 0) is 0 Å². The van der Waals surface area contributed by atoms with Gasteiger partial charge in [0.25, 0.3) is 0 Å². The second-order valence-electron chi connectivity index (χ2n) is 3.84. The molecule has 0 radical (unpaired) electrons. The monoisotopic (exact) mass is 187 g/mol. The van der Waals surface area contributed by atoms with E-state index in [1.165, 1.54) is 32.1 Å². The quantitative estimate of drug-likeness (QED) is 0.612. The Bertz CT molecular complexity index is 127. The molecule has 1 heterocycles. The summed E-state index contributed by atoms with van der Waals surface area (Å²) in [5.41, 5.74) is 0. The average molecular weight is 187 g/mol. The molecule has 1 fully saturated rings. The van der Waals surface area contributed by atoms with Crippen LogP contribution in [0.2, 0.25) is 0 Å². The molecule has 72 valence electrons. The Balaban J connectivity index is 2.28. The van der Waals surface area contributed by atoms with Crippen LogP contribution in [0, 0.1) is 0 Å². The average Bonchev–Trinajstić information content (AvgIpc) is 2.43. The molecule has 12 heavy (non-hydrogen) atoms. The van der Waals surface area contributed by atoms with Gasteiger partial charge in [0.05, 0.1) is 0 Å². The summed E-state index contributed by atoms with van der Waals surface area (Å²) < 4.78 is 0. The van der Waals surface area contributed by atoms with Crippen LogP contribution in [-0.4, -0.2) is 30.4 Å². The van der Waals surface area contributed by atoms with Crippen LogP contribution in [0.4, 0.5) is 0 Å². The van der Waals surface area contributed by atoms with Crippen molar-refractivity contribution in [2.24, 2.45) is 0 Å². The van der Waals surface area contributed by atoms with Gasteiger partial charge in [-0.15, -0.1) is 8.58 Å². The van der Waals surface area contributed by atoms with Gasteiger partial charge in [-0.25, -0.2) is 0 Å². The van der Waals surface area contributed by atoms with E-state index in [1.807, 2.05) is 0 Å². The molecule has 1 aliphatic heterocycles. The SMILES string of the molecule is CCCCC1CCC(PC)N1C. The molecule has 0 aromatic rings. The Morgan fingerprint density at radius 3 is 2.67 bits per heavy atom. The fourth-order valence-corrected chi connectivity index (χ4v) is 3.22. The molecule has 0 amide bonds. The number of hydrogen-bond acceptors (Lipinski definition) is 1. The minimum atomic E-state index is 0.905. The lowest BCUT2D eigenvalue weighted by molar-refractivity contribution is 0.274. The molecule has 0 aromatic heterocycles. The van der Waals surface area contributed by atoms with Crippen molar-refractivity contribution in [1.82, 2.24) is 4.90 Å². The molecule has 0 N–H and O–H groups in total. The van der Waals surface area contributed by atoms with Crippen LogP contribution in [0.15, 0.2) is 0 Å². The topological polar surface area (TPSA) is 3.24 Å². The Morgan fingerprint density at radius 2 is 2.17 bits per heavy atom. The van der Waals surface area contributed by atoms with Gasteiger partial charge >= 0.3 is 0 Å².